The molecule has 3 aromatic carbocycles. The van der Waals surface area contributed by atoms with Crippen molar-refractivity contribution in [3.8, 4) is 11.5 Å². The molecule has 0 aliphatic carbocycles. The van der Waals surface area contributed by atoms with E-state index < -0.39 is 17.0 Å². The summed E-state index contributed by atoms with van der Waals surface area (Å²) in [5, 5.41) is 0.540. The number of carbonyl (C=O) groups is 2. The molecule has 0 spiro atoms. The molecule has 0 aromatic heterocycles. The van der Waals surface area contributed by atoms with E-state index in [-0.39, 0.29) is 28.6 Å². The van der Waals surface area contributed by atoms with Crippen molar-refractivity contribution in [2.24, 2.45) is 0 Å². The zero-order chi connectivity index (χ0) is 25.8. The third-order valence-corrected chi connectivity index (χ3v) is 7.20. The van der Waals surface area contributed by atoms with Crippen LogP contribution < -0.4 is 9.47 Å². The maximum Gasteiger partial charge on any atom is 0.293 e. The number of benzene rings is 3. The molecular weight excluding hydrogens is 548 g/mol. The molecule has 1 aliphatic heterocycles. The number of thioether (sulfide) groups is 1. The van der Waals surface area contributed by atoms with E-state index in [2.05, 4.69) is 0 Å². The Bertz CT molecular complexity index is 1340. The smallest absolute Gasteiger partial charge is 0.293 e. The zero-order valence-electron chi connectivity index (χ0n) is 18.9. The Morgan fingerprint density at radius 2 is 1.75 bits per heavy atom. The number of imide groups is 1. The Morgan fingerprint density at radius 3 is 2.47 bits per heavy atom. The minimum atomic E-state index is -0.580. The standard InChI is InChI=1S/C26H19Cl3FNO4S/c1-2-34-23-11-15(7-9-22(23)35-14-16-6-8-19(28)20(29)10-16)12-24-25(32)31(26(33)36-24)13-17-18(27)4-3-5-21(17)30/h3-12H,2,13-14H2,1H3/b24-12-. The average Bonchev–Trinajstić information content (AvgIpc) is 3.10. The summed E-state index contributed by atoms with van der Waals surface area (Å²) < 4.78 is 25.8. The van der Waals surface area contributed by atoms with Crippen molar-refractivity contribution in [1.29, 1.82) is 0 Å². The highest BCUT2D eigenvalue weighted by Gasteiger charge is 2.36. The van der Waals surface area contributed by atoms with Gasteiger partial charge in [-0.3, -0.25) is 14.5 Å². The van der Waals surface area contributed by atoms with Gasteiger partial charge in [-0.25, -0.2) is 4.39 Å². The lowest BCUT2D eigenvalue weighted by Gasteiger charge is -2.14. The number of nitrogens with zero attached hydrogens (tertiary/aromatic N) is 1. The highest BCUT2D eigenvalue weighted by molar-refractivity contribution is 8.18. The van der Waals surface area contributed by atoms with Gasteiger partial charge < -0.3 is 9.47 Å². The topological polar surface area (TPSA) is 55.8 Å². The number of carbonyl (C=O) groups excluding carboxylic acids is 2. The highest BCUT2D eigenvalue weighted by atomic mass is 35.5. The van der Waals surface area contributed by atoms with E-state index in [1.54, 1.807) is 36.4 Å². The quantitative estimate of drug-likeness (QED) is 0.259. The first kappa shape index (κ1) is 26.4. The van der Waals surface area contributed by atoms with E-state index in [0.29, 0.717) is 33.7 Å². The van der Waals surface area contributed by atoms with Crippen LogP contribution in [-0.4, -0.2) is 22.7 Å². The summed E-state index contributed by atoms with van der Waals surface area (Å²) in [6.07, 6.45) is 1.58. The Hall–Kier alpha value is -2.71. The third-order valence-electron chi connectivity index (χ3n) is 5.20. The van der Waals surface area contributed by atoms with E-state index in [9.17, 15) is 14.0 Å². The minimum absolute atomic E-state index is 0.0878. The summed E-state index contributed by atoms with van der Waals surface area (Å²) in [5.74, 6) is -0.128. The number of hydrogen-bond donors (Lipinski definition) is 0. The minimum Gasteiger partial charge on any atom is -0.490 e. The Labute approximate surface area is 226 Å². The Kier molecular flexibility index (Phi) is 8.46. The average molecular weight is 567 g/mol. The largest absolute Gasteiger partial charge is 0.490 e. The van der Waals surface area contributed by atoms with Gasteiger partial charge in [0.15, 0.2) is 11.5 Å². The maximum atomic E-state index is 14.2. The molecule has 3 aromatic rings. The Morgan fingerprint density at radius 1 is 0.944 bits per heavy atom. The first-order chi connectivity index (χ1) is 17.3. The second-order valence-electron chi connectivity index (χ2n) is 7.64. The molecule has 1 heterocycles. The highest BCUT2D eigenvalue weighted by Crippen LogP contribution is 2.36. The molecule has 4 rings (SSSR count). The van der Waals surface area contributed by atoms with E-state index >= 15 is 0 Å². The van der Waals surface area contributed by atoms with Gasteiger partial charge in [-0.1, -0.05) is 53.0 Å². The lowest BCUT2D eigenvalue weighted by Crippen LogP contribution is -2.28. The summed E-state index contributed by atoms with van der Waals surface area (Å²) in [6, 6.07) is 14.6. The molecule has 0 saturated carbocycles. The van der Waals surface area contributed by atoms with Gasteiger partial charge in [-0.05, 0) is 72.3 Å². The van der Waals surface area contributed by atoms with Crippen molar-refractivity contribution in [3.63, 3.8) is 0 Å². The Balaban J connectivity index is 1.52. The number of hydrogen-bond acceptors (Lipinski definition) is 5. The van der Waals surface area contributed by atoms with E-state index in [1.807, 2.05) is 13.0 Å². The predicted octanol–water partition coefficient (Wildman–Crippen LogP) is 8.00. The molecule has 1 fully saturated rings. The summed E-state index contributed by atoms with van der Waals surface area (Å²) in [6.45, 7) is 2.23. The lowest BCUT2D eigenvalue weighted by atomic mass is 10.1. The van der Waals surface area contributed by atoms with Crippen LogP contribution in [0.5, 0.6) is 11.5 Å². The molecule has 1 saturated heterocycles. The molecule has 10 heteroatoms. The fraction of sp³-hybridized carbons (Fsp3) is 0.154. The van der Waals surface area contributed by atoms with Crippen molar-refractivity contribution >= 4 is 63.8 Å². The molecule has 5 nitrogen and oxygen atoms in total. The van der Waals surface area contributed by atoms with Crippen molar-refractivity contribution < 1.29 is 23.5 Å². The molecule has 0 atom stereocenters. The van der Waals surface area contributed by atoms with Gasteiger partial charge >= 0.3 is 0 Å². The van der Waals surface area contributed by atoms with Gasteiger partial charge in [0.1, 0.15) is 12.4 Å². The second kappa shape index (κ2) is 11.6. The zero-order valence-corrected chi connectivity index (χ0v) is 22.0. The van der Waals surface area contributed by atoms with Crippen LogP contribution in [0.1, 0.15) is 23.6 Å². The molecule has 0 unspecified atom stereocenters. The lowest BCUT2D eigenvalue weighted by molar-refractivity contribution is -0.123. The summed E-state index contributed by atoms with van der Waals surface area (Å²) in [5.41, 5.74) is 1.55. The fourth-order valence-corrected chi connectivity index (χ4v) is 4.80. The first-order valence-corrected chi connectivity index (χ1v) is 12.7. The van der Waals surface area contributed by atoms with Gasteiger partial charge in [0.25, 0.3) is 11.1 Å². The van der Waals surface area contributed by atoms with Gasteiger partial charge in [-0.15, -0.1) is 0 Å². The van der Waals surface area contributed by atoms with E-state index in [1.165, 1.54) is 18.2 Å². The van der Waals surface area contributed by atoms with E-state index in [4.69, 9.17) is 44.3 Å². The van der Waals surface area contributed by atoms with Crippen LogP contribution in [0.25, 0.3) is 6.08 Å². The predicted molar refractivity (Wildman–Crippen MR) is 141 cm³/mol. The number of halogens is 4. The van der Waals surface area contributed by atoms with Crippen LogP contribution in [0, 0.1) is 5.82 Å². The monoisotopic (exact) mass is 565 g/mol. The second-order valence-corrected chi connectivity index (χ2v) is 9.86. The normalized spacial score (nSPS) is 14.6. The third kappa shape index (κ3) is 5.98. The molecule has 0 radical (unpaired) electrons. The summed E-state index contributed by atoms with van der Waals surface area (Å²) >= 11 is 18.9. The molecular formula is C26H19Cl3FNO4S. The first-order valence-electron chi connectivity index (χ1n) is 10.8. The van der Waals surface area contributed by atoms with Crippen LogP contribution in [-0.2, 0) is 17.9 Å². The molecule has 0 bridgehead atoms. The molecule has 1 aliphatic rings. The maximum absolute atomic E-state index is 14.2. The van der Waals surface area contributed by atoms with Crippen molar-refractivity contribution in [3.05, 3.63) is 97.1 Å². The molecule has 36 heavy (non-hydrogen) atoms. The van der Waals surface area contributed by atoms with Crippen molar-refractivity contribution in [2.45, 2.75) is 20.1 Å². The van der Waals surface area contributed by atoms with Gasteiger partial charge in [0.2, 0.25) is 0 Å². The fourth-order valence-electron chi connectivity index (χ4n) is 3.42. The van der Waals surface area contributed by atoms with Crippen LogP contribution in [0.3, 0.4) is 0 Å². The van der Waals surface area contributed by atoms with Gasteiger partial charge in [0.05, 0.1) is 28.1 Å². The van der Waals surface area contributed by atoms with Gasteiger partial charge in [0, 0.05) is 10.6 Å². The summed E-state index contributed by atoms with van der Waals surface area (Å²) in [7, 11) is 0. The van der Waals surface area contributed by atoms with Crippen molar-refractivity contribution in [1.82, 2.24) is 4.90 Å². The van der Waals surface area contributed by atoms with Crippen LogP contribution in [0.2, 0.25) is 15.1 Å². The SMILES string of the molecule is CCOc1cc(/C=C2\SC(=O)N(Cc3c(F)cccc3Cl)C2=O)ccc1OCc1ccc(Cl)c(Cl)c1. The van der Waals surface area contributed by atoms with Gasteiger partial charge in [-0.2, -0.15) is 0 Å². The van der Waals surface area contributed by atoms with Crippen molar-refractivity contribution in [2.75, 3.05) is 6.61 Å². The molecule has 2 amide bonds. The van der Waals surface area contributed by atoms with Crippen LogP contribution >= 0.6 is 46.6 Å². The number of rotatable bonds is 8. The molecule has 186 valence electrons. The van der Waals surface area contributed by atoms with E-state index in [0.717, 1.165) is 22.2 Å². The molecule has 0 N–H and O–H groups in total. The number of ether oxygens (including phenoxy) is 2. The van der Waals surface area contributed by atoms with Crippen LogP contribution in [0.15, 0.2) is 59.5 Å². The summed E-state index contributed by atoms with van der Waals surface area (Å²) in [4.78, 5) is 26.6. The van der Waals surface area contributed by atoms with Crippen LogP contribution in [0.4, 0.5) is 9.18 Å². The number of amides is 2.